The predicted molar refractivity (Wildman–Crippen MR) is 69.8 cm³/mol. The molecule has 0 aromatic carbocycles. The highest BCUT2D eigenvalue weighted by Crippen LogP contribution is 2.25. The van der Waals surface area contributed by atoms with Gasteiger partial charge in [0, 0.05) is 17.8 Å². The van der Waals surface area contributed by atoms with Gasteiger partial charge >= 0.3 is 0 Å². The Hall–Kier alpha value is -1.16. The maximum absolute atomic E-state index is 5.70. The molecule has 3 N–H and O–H groups in total. The van der Waals surface area contributed by atoms with Crippen LogP contribution < -0.4 is 11.1 Å². The number of nitrogens with one attached hydrogen (secondary N) is 1. The first-order chi connectivity index (χ1) is 8.31. The minimum atomic E-state index is 0.553. The standard InChI is InChI=1S/C13H22N4/c1-2-11-7-13(16-9-15-11)17-12-5-3-10(8-14)4-6-12/h7,9-10,12H,2-6,8,14H2,1H3,(H,15,16,17). The van der Waals surface area contributed by atoms with Crippen molar-refractivity contribution in [2.45, 2.75) is 45.1 Å². The third-order valence-electron chi connectivity index (χ3n) is 3.62. The molecule has 0 amide bonds. The van der Waals surface area contributed by atoms with Crippen LogP contribution in [0.1, 0.15) is 38.3 Å². The summed E-state index contributed by atoms with van der Waals surface area (Å²) in [7, 11) is 0. The van der Waals surface area contributed by atoms with Crippen LogP contribution in [0.2, 0.25) is 0 Å². The van der Waals surface area contributed by atoms with Crippen LogP contribution in [-0.2, 0) is 6.42 Å². The summed E-state index contributed by atoms with van der Waals surface area (Å²) in [6.07, 6.45) is 7.48. The van der Waals surface area contributed by atoms with Gasteiger partial charge in [-0.25, -0.2) is 9.97 Å². The van der Waals surface area contributed by atoms with E-state index >= 15 is 0 Å². The maximum Gasteiger partial charge on any atom is 0.129 e. The van der Waals surface area contributed by atoms with Crippen LogP contribution in [0.4, 0.5) is 5.82 Å². The summed E-state index contributed by atoms with van der Waals surface area (Å²) in [6, 6.07) is 2.60. The van der Waals surface area contributed by atoms with E-state index in [9.17, 15) is 0 Å². The van der Waals surface area contributed by atoms with E-state index in [1.165, 1.54) is 25.7 Å². The third kappa shape index (κ3) is 3.40. The highest BCUT2D eigenvalue weighted by atomic mass is 15.0. The highest BCUT2D eigenvalue weighted by Gasteiger charge is 2.20. The molecular formula is C13H22N4. The first kappa shape index (κ1) is 12.3. The molecule has 0 radical (unpaired) electrons. The van der Waals surface area contributed by atoms with E-state index in [1.807, 2.05) is 0 Å². The molecule has 1 aliphatic rings. The van der Waals surface area contributed by atoms with E-state index in [1.54, 1.807) is 6.33 Å². The van der Waals surface area contributed by atoms with Crippen molar-refractivity contribution in [2.24, 2.45) is 11.7 Å². The van der Waals surface area contributed by atoms with Gasteiger partial charge in [-0.3, -0.25) is 0 Å². The molecule has 94 valence electrons. The van der Waals surface area contributed by atoms with Crippen molar-refractivity contribution < 1.29 is 0 Å². The van der Waals surface area contributed by atoms with Gasteiger partial charge in [0.25, 0.3) is 0 Å². The number of aromatic nitrogens is 2. The molecule has 0 aliphatic heterocycles. The van der Waals surface area contributed by atoms with Gasteiger partial charge in [-0.05, 0) is 44.6 Å². The molecule has 0 saturated heterocycles. The Morgan fingerprint density at radius 1 is 1.29 bits per heavy atom. The van der Waals surface area contributed by atoms with Crippen LogP contribution >= 0.6 is 0 Å². The molecule has 1 heterocycles. The van der Waals surface area contributed by atoms with Gasteiger partial charge in [-0.15, -0.1) is 0 Å². The average Bonchev–Trinajstić information content (AvgIpc) is 2.40. The van der Waals surface area contributed by atoms with Crippen molar-refractivity contribution in [1.82, 2.24) is 9.97 Å². The summed E-state index contributed by atoms with van der Waals surface area (Å²) in [5.74, 6) is 1.69. The Labute approximate surface area is 103 Å². The molecule has 0 unspecified atom stereocenters. The zero-order valence-electron chi connectivity index (χ0n) is 10.5. The van der Waals surface area contributed by atoms with Crippen LogP contribution in [-0.4, -0.2) is 22.6 Å². The number of hydrogen-bond donors (Lipinski definition) is 2. The fourth-order valence-electron chi connectivity index (χ4n) is 2.42. The zero-order chi connectivity index (χ0) is 12.1. The van der Waals surface area contributed by atoms with E-state index in [4.69, 9.17) is 5.73 Å². The van der Waals surface area contributed by atoms with Crippen LogP contribution in [0, 0.1) is 5.92 Å². The number of aryl methyl sites for hydroxylation is 1. The van der Waals surface area contributed by atoms with Gasteiger partial charge in [-0.2, -0.15) is 0 Å². The Balaban J connectivity index is 1.88. The normalized spacial score (nSPS) is 24.6. The summed E-state index contributed by atoms with van der Waals surface area (Å²) in [5.41, 5.74) is 6.79. The molecule has 1 fully saturated rings. The average molecular weight is 234 g/mol. The molecule has 0 bridgehead atoms. The summed E-state index contributed by atoms with van der Waals surface area (Å²) >= 11 is 0. The molecule has 1 aliphatic carbocycles. The molecule has 1 saturated carbocycles. The Kier molecular flexibility index (Phi) is 4.31. The second kappa shape index (κ2) is 5.96. The molecule has 4 heteroatoms. The van der Waals surface area contributed by atoms with Crippen molar-refractivity contribution in [1.29, 1.82) is 0 Å². The predicted octanol–water partition coefficient (Wildman–Crippen LogP) is 1.97. The lowest BCUT2D eigenvalue weighted by atomic mass is 9.86. The van der Waals surface area contributed by atoms with Crippen LogP contribution in [0.15, 0.2) is 12.4 Å². The van der Waals surface area contributed by atoms with E-state index in [0.717, 1.165) is 30.4 Å². The van der Waals surface area contributed by atoms with Crippen LogP contribution in [0.25, 0.3) is 0 Å². The summed E-state index contributed by atoms with van der Waals surface area (Å²) in [6.45, 7) is 2.94. The number of nitrogens with zero attached hydrogens (tertiary/aromatic N) is 2. The monoisotopic (exact) mass is 234 g/mol. The molecule has 1 aromatic heterocycles. The molecular weight excluding hydrogens is 212 g/mol. The van der Waals surface area contributed by atoms with Gasteiger partial charge < -0.3 is 11.1 Å². The topological polar surface area (TPSA) is 63.8 Å². The number of hydrogen-bond acceptors (Lipinski definition) is 4. The lowest BCUT2D eigenvalue weighted by Gasteiger charge is -2.28. The van der Waals surface area contributed by atoms with Crippen molar-refractivity contribution in [3.8, 4) is 0 Å². The minimum Gasteiger partial charge on any atom is -0.367 e. The maximum atomic E-state index is 5.70. The fraction of sp³-hybridized carbons (Fsp3) is 0.692. The van der Waals surface area contributed by atoms with Crippen molar-refractivity contribution in [3.63, 3.8) is 0 Å². The smallest absolute Gasteiger partial charge is 0.129 e. The second-order valence-electron chi connectivity index (χ2n) is 4.85. The van der Waals surface area contributed by atoms with Crippen molar-refractivity contribution in [3.05, 3.63) is 18.1 Å². The molecule has 0 atom stereocenters. The number of rotatable bonds is 4. The molecule has 1 aromatic rings. The van der Waals surface area contributed by atoms with Crippen molar-refractivity contribution in [2.75, 3.05) is 11.9 Å². The van der Waals surface area contributed by atoms with Gasteiger partial charge in [0.15, 0.2) is 0 Å². The largest absolute Gasteiger partial charge is 0.367 e. The first-order valence-corrected chi connectivity index (χ1v) is 6.59. The summed E-state index contributed by atoms with van der Waals surface area (Å²) < 4.78 is 0. The van der Waals surface area contributed by atoms with Gasteiger partial charge in [-0.1, -0.05) is 6.92 Å². The summed E-state index contributed by atoms with van der Waals surface area (Å²) in [4.78, 5) is 8.48. The second-order valence-corrected chi connectivity index (χ2v) is 4.85. The molecule has 2 rings (SSSR count). The Morgan fingerprint density at radius 2 is 2.06 bits per heavy atom. The van der Waals surface area contributed by atoms with Gasteiger partial charge in [0.2, 0.25) is 0 Å². The molecule has 4 nitrogen and oxygen atoms in total. The van der Waals surface area contributed by atoms with Crippen LogP contribution in [0.3, 0.4) is 0 Å². The van der Waals surface area contributed by atoms with E-state index in [0.29, 0.717) is 6.04 Å². The first-order valence-electron chi connectivity index (χ1n) is 6.59. The lowest BCUT2D eigenvalue weighted by molar-refractivity contribution is 0.344. The quantitative estimate of drug-likeness (QED) is 0.836. The fourth-order valence-corrected chi connectivity index (χ4v) is 2.42. The molecule has 0 spiro atoms. The van der Waals surface area contributed by atoms with Gasteiger partial charge in [0.1, 0.15) is 12.1 Å². The zero-order valence-corrected chi connectivity index (χ0v) is 10.5. The van der Waals surface area contributed by atoms with Crippen LogP contribution in [0.5, 0.6) is 0 Å². The highest BCUT2D eigenvalue weighted by molar-refractivity contribution is 5.36. The minimum absolute atomic E-state index is 0.553. The van der Waals surface area contributed by atoms with E-state index in [-0.39, 0.29) is 0 Å². The van der Waals surface area contributed by atoms with E-state index in [2.05, 4.69) is 28.3 Å². The Bertz CT molecular complexity index is 345. The van der Waals surface area contributed by atoms with Crippen molar-refractivity contribution >= 4 is 5.82 Å². The Morgan fingerprint density at radius 3 is 2.71 bits per heavy atom. The van der Waals surface area contributed by atoms with E-state index < -0.39 is 0 Å². The third-order valence-corrected chi connectivity index (χ3v) is 3.62. The molecule has 17 heavy (non-hydrogen) atoms. The number of nitrogens with two attached hydrogens (primary N) is 1. The SMILES string of the molecule is CCc1cc(NC2CCC(CN)CC2)ncn1. The van der Waals surface area contributed by atoms with Gasteiger partial charge in [0.05, 0.1) is 0 Å². The number of anilines is 1. The summed E-state index contributed by atoms with van der Waals surface area (Å²) in [5, 5.41) is 3.51. The lowest BCUT2D eigenvalue weighted by Crippen LogP contribution is -2.29.